The van der Waals surface area contributed by atoms with Crippen LogP contribution in [0.3, 0.4) is 0 Å². The highest BCUT2D eigenvalue weighted by Gasteiger charge is 2.17. The Hall–Kier alpha value is 0.1000. The van der Waals surface area contributed by atoms with E-state index >= 15 is 0 Å². The predicted molar refractivity (Wildman–Crippen MR) is 69.8 cm³/mol. The number of aliphatic hydroxyl groups is 1. The number of hydrogen-bond donors (Lipinski definition) is 1. The van der Waals surface area contributed by atoms with Crippen LogP contribution in [0.2, 0.25) is 0 Å². The molecule has 1 saturated heterocycles. The molecule has 0 aromatic carbocycles. The Balaban J connectivity index is 1.76. The first-order chi connectivity index (χ1) is 7.75. The Morgan fingerprint density at radius 2 is 2.38 bits per heavy atom. The third kappa shape index (κ3) is 3.55. The summed E-state index contributed by atoms with van der Waals surface area (Å²) in [5.74, 6) is 0. The van der Waals surface area contributed by atoms with Crippen LogP contribution in [0.15, 0.2) is 15.9 Å². The number of aliphatic hydroxyl groups excluding tert-OH is 1. The van der Waals surface area contributed by atoms with E-state index in [0.717, 1.165) is 34.5 Å². The molecule has 2 unspecified atom stereocenters. The van der Waals surface area contributed by atoms with E-state index in [2.05, 4.69) is 15.9 Å². The average molecular weight is 305 g/mol. The molecule has 1 aromatic heterocycles. The average Bonchev–Trinajstić information content (AvgIpc) is 2.74. The maximum Gasteiger partial charge on any atom is 0.0883 e. The molecule has 0 amide bonds. The Morgan fingerprint density at radius 3 is 3.00 bits per heavy atom. The Morgan fingerprint density at radius 1 is 1.50 bits per heavy atom. The molecule has 90 valence electrons. The van der Waals surface area contributed by atoms with E-state index in [-0.39, 0.29) is 6.10 Å². The van der Waals surface area contributed by atoms with Crippen LogP contribution < -0.4 is 0 Å². The van der Waals surface area contributed by atoms with E-state index in [4.69, 9.17) is 4.74 Å². The lowest BCUT2D eigenvalue weighted by atomic mass is 10.0. The number of ether oxygens (including phenoxy) is 1. The fraction of sp³-hybridized carbons (Fsp3) is 0.667. The molecule has 2 nitrogen and oxygen atoms in total. The van der Waals surface area contributed by atoms with Gasteiger partial charge >= 0.3 is 0 Å². The van der Waals surface area contributed by atoms with E-state index in [1.54, 1.807) is 11.3 Å². The lowest BCUT2D eigenvalue weighted by molar-refractivity contribution is 0.00236. The van der Waals surface area contributed by atoms with Crippen LogP contribution in [0, 0.1) is 0 Å². The van der Waals surface area contributed by atoms with Crippen molar-refractivity contribution < 1.29 is 9.84 Å². The lowest BCUT2D eigenvalue weighted by Crippen LogP contribution is -2.19. The van der Waals surface area contributed by atoms with Gasteiger partial charge in [0.25, 0.3) is 0 Å². The fourth-order valence-corrected chi connectivity index (χ4v) is 3.47. The smallest absolute Gasteiger partial charge is 0.0883 e. The van der Waals surface area contributed by atoms with Gasteiger partial charge in [-0.1, -0.05) is 0 Å². The monoisotopic (exact) mass is 304 g/mol. The van der Waals surface area contributed by atoms with Gasteiger partial charge in [0, 0.05) is 11.5 Å². The van der Waals surface area contributed by atoms with Gasteiger partial charge in [0.2, 0.25) is 0 Å². The second kappa shape index (κ2) is 6.15. The van der Waals surface area contributed by atoms with Gasteiger partial charge in [-0.15, -0.1) is 11.3 Å². The summed E-state index contributed by atoms with van der Waals surface area (Å²) in [5.41, 5.74) is 0. The maximum absolute atomic E-state index is 10.00. The second-order valence-electron chi connectivity index (χ2n) is 4.22. The van der Waals surface area contributed by atoms with Gasteiger partial charge in [0.15, 0.2) is 0 Å². The van der Waals surface area contributed by atoms with Crippen molar-refractivity contribution in [1.29, 1.82) is 0 Å². The second-order valence-corrected chi connectivity index (χ2v) is 6.72. The minimum atomic E-state index is -0.332. The summed E-state index contributed by atoms with van der Waals surface area (Å²) in [6.45, 7) is 0.894. The minimum absolute atomic E-state index is 0.332. The van der Waals surface area contributed by atoms with Gasteiger partial charge in [0.1, 0.15) is 0 Å². The van der Waals surface area contributed by atoms with Gasteiger partial charge in [-0.2, -0.15) is 0 Å². The normalized spacial score (nSPS) is 23.2. The van der Waals surface area contributed by atoms with Crippen LogP contribution >= 0.6 is 27.3 Å². The van der Waals surface area contributed by atoms with Crippen LogP contribution in [-0.4, -0.2) is 17.8 Å². The molecule has 2 rings (SSSR count). The highest BCUT2D eigenvalue weighted by molar-refractivity contribution is 9.11. The molecule has 1 aliphatic heterocycles. The summed E-state index contributed by atoms with van der Waals surface area (Å²) >= 11 is 5.02. The van der Waals surface area contributed by atoms with Crippen molar-refractivity contribution in [3.63, 3.8) is 0 Å². The van der Waals surface area contributed by atoms with Gasteiger partial charge < -0.3 is 9.84 Å². The van der Waals surface area contributed by atoms with Crippen LogP contribution in [-0.2, 0) is 4.74 Å². The Labute approximate surface area is 109 Å². The molecule has 1 aliphatic rings. The van der Waals surface area contributed by atoms with E-state index in [1.807, 2.05) is 12.1 Å². The van der Waals surface area contributed by atoms with Gasteiger partial charge in [-0.05, 0) is 60.2 Å². The summed E-state index contributed by atoms with van der Waals surface area (Å²) in [6.07, 6.45) is 5.42. The third-order valence-corrected chi connectivity index (χ3v) is 4.68. The predicted octanol–water partition coefficient (Wildman–Crippen LogP) is 3.89. The summed E-state index contributed by atoms with van der Waals surface area (Å²) in [5, 5.41) is 10.00. The summed E-state index contributed by atoms with van der Waals surface area (Å²) in [7, 11) is 0. The summed E-state index contributed by atoms with van der Waals surface area (Å²) in [6, 6.07) is 3.97. The molecule has 2 atom stereocenters. The van der Waals surface area contributed by atoms with Gasteiger partial charge in [-0.25, -0.2) is 0 Å². The van der Waals surface area contributed by atoms with Crippen molar-refractivity contribution in [2.45, 2.75) is 44.3 Å². The molecular formula is C12H17BrO2S. The number of hydrogen-bond acceptors (Lipinski definition) is 3. The zero-order valence-corrected chi connectivity index (χ0v) is 11.6. The van der Waals surface area contributed by atoms with Gasteiger partial charge in [0.05, 0.1) is 16.0 Å². The van der Waals surface area contributed by atoms with Crippen LogP contribution in [0.1, 0.15) is 43.1 Å². The molecule has 1 fully saturated rings. The quantitative estimate of drug-likeness (QED) is 0.914. The zero-order valence-electron chi connectivity index (χ0n) is 9.19. The topological polar surface area (TPSA) is 29.5 Å². The molecular weight excluding hydrogens is 288 g/mol. The highest BCUT2D eigenvalue weighted by Crippen LogP contribution is 2.30. The van der Waals surface area contributed by atoms with Crippen LogP contribution in [0.25, 0.3) is 0 Å². The largest absolute Gasteiger partial charge is 0.388 e. The zero-order chi connectivity index (χ0) is 11.4. The Bertz CT molecular complexity index is 321. The van der Waals surface area contributed by atoms with Crippen molar-refractivity contribution in [2.24, 2.45) is 0 Å². The van der Waals surface area contributed by atoms with Crippen molar-refractivity contribution in [3.05, 3.63) is 20.8 Å². The standard InChI is InChI=1S/C12H17BrO2S/c13-12-7-6-11(16-12)10(14)5-4-9-3-1-2-8-15-9/h6-7,9-10,14H,1-5,8H2. The minimum Gasteiger partial charge on any atom is -0.388 e. The Kier molecular flexibility index (Phi) is 4.82. The van der Waals surface area contributed by atoms with E-state index < -0.39 is 0 Å². The van der Waals surface area contributed by atoms with Crippen molar-refractivity contribution in [1.82, 2.24) is 0 Å². The molecule has 1 aromatic rings. The highest BCUT2D eigenvalue weighted by atomic mass is 79.9. The van der Waals surface area contributed by atoms with E-state index in [9.17, 15) is 5.11 Å². The fourth-order valence-electron chi connectivity index (χ4n) is 2.03. The molecule has 0 spiro atoms. The first kappa shape index (κ1) is 12.6. The number of halogens is 1. The van der Waals surface area contributed by atoms with E-state index in [0.29, 0.717) is 6.10 Å². The van der Waals surface area contributed by atoms with Crippen LogP contribution in [0.4, 0.5) is 0 Å². The molecule has 16 heavy (non-hydrogen) atoms. The first-order valence-corrected chi connectivity index (χ1v) is 7.41. The molecule has 0 saturated carbocycles. The first-order valence-electron chi connectivity index (χ1n) is 5.80. The SMILES string of the molecule is OC(CCC1CCCCO1)c1ccc(Br)s1. The summed E-state index contributed by atoms with van der Waals surface area (Å²) < 4.78 is 6.73. The molecule has 4 heteroatoms. The lowest BCUT2D eigenvalue weighted by Gasteiger charge is -2.23. The van der Waals surface area contributed by atoms with Gasteiger partial charge in [-0.3, -0.25) is 0 Å². The molecule has 1 N–H and O–H groups in total. The van der Waals surface area contributed by atoms with Crippen molar-refractivity contribution >= 4 is 27.3 Å². The summed E-state index contributed by atoms with van der Waals surface area (Å²) in [4.78, 5) is 1.04. The third-order valence-electron chi connectivity index (χ3n) is 2.96. The van der Waals surface area contributed by atoms with Crippen molar-refractivity contribution in [3.8, 4) is 0 Å². The van der Waals surface area contributed by atoms with Crippen LogP contribution in [0.5, 0.6) is 0 Å². The number of thiophene rings is 1. The molecule has 0 aliphatic carbocycles. The number of rotatable bonds is 4. The maximum atomic E-state index is 10.00. The molecule has 0 bridgehead atoms. The van der Waals surface area contributed by atoms with Crippen molar-refractivity contribution in [2.75, 3.05) is 6.61 Å². The molecule has 2 heterocycles. The van der Waals surface area contributed by atoms with E-state index in [1.165, 1.54) is 12.8 Å². The molecule has 0 radical (unpaired) electrons.